The maximum Gasteiger partial charge on any atom is 0.397 e. The van der Waals surface area contributed by atoms with Crippen molar-refractivity contribution in [2.24, 2.45) is 5.73 Å². The Hall–Kier alpha value is -2.80. The molecule has 0 radical (unpaired) electrons. The van der Waals surface area contributed by atoms with Crippen molar-refractivity contribution in [1.82, 2.24) is 10.0 Å². The SMILES string of the molecule is CC(=O)N[C@@H]1[C@@H](O)[C@H](O[C@@H]2O[C@H](C(=O)O)[C@@H](O[C@@H]3O[C@H](CO)[C@@H](O[C@H]4O[C@@H](C(=O)O)[C@H](O)[C@@H](O)[C@@H]4OS(=O)(=O)O)[C@H](OS(=O)(=O)O)[C@H]3NS(=O)(=O)O)[C@H](O)[C@H]2OS(=O)(=O)O)[C@H](COS(=O)(=O)O)O[C@H]1O.CCN. The number of carbonyl (C=O) groups is 3. The quantitative estimate of drug-likeness (QED) is 0.0475. The fourth-order valence-corrected chi connectivity index (χ4v) is 9.43. The maximum absolute atomic E-state index is 12.7. The van der Waals surface area contributed by atoms with Gasteiger partial charge in [-0.25, -0.2) is 26.3 Å². The maximum atomic E-state index is 12.7. The largest absolute Gasteiger partial charge is 0.479 e. The highest BCUT2D eigenvalue weighted by Crippen LogP contribution is 2.37. The summed E-state index contributed by atoms with van der Waals surface area (Å²) in [4.78, 5) is 36.4. The summed E-state index contributed by atoms with van der Waals surface area (Å²) in [6.07, 6.45) is -49.1. The van der Waals surface area contributed by atoms with Crippen molar-refractivity contribution in [1.29, 1.82) is 0 Å². The lowest BCUT2D eigenvalue weighted by Crippen LogP contribution is -2.71. The molecule has 0 saturated carbocycles. The van der Waals surface area contributed by atoms with Gasteiger partial charge in [-0.3, -0.25) is 27.6 Å². The van der Waals surface area contributed by atoms with Gasteiger partial charge >= 0.3 is 63.8 Å². The zero-order valence-electron chi connectivity index (χ0n) is 36.4. The van der Waals surface area contributed by atoms with Gasteiger partial charge in [0.15, 0.2) is 49.6 Å². The van der Waals surface area contributed by atoms with Crippen molar-refractivity contribution in [3.63, 3.8) is 0 Å². The average Bonchev–Trinajstić information content (AvgIpc) is 3.21. The Morgan fingerprint density at radius 3 is 1.44 bits per heavy atom. The summed E-state index contributed by atoms with van der Waals surface area (Å²) < 4.78 is 222. The Balaban J connectivity index is 0.00000457. The number of aliphatic hydroxyl groups excluding tert-OH is 6. The van der Waals surface area contributed by atoms with Gasteiger partial charge in [0.25, 0.3) is 0 Å². The van der Waals surface area contributed by atoms with Crippen molar-refractivity contribution in [2.75, 3.05) is 19.8 Å². The van der Waals surface area contributed by atoms with E-state index in [2.05, 4.69) is 16.7 Å². The van der Waals surface area contributed by atoms with Gasteiger partial charge in [0, 0.05) is 6.92 Å². The van der Waals surface area contributed by atoms with Crippen LogP contribution in [0.5, 0.6) is 0 Å². The molecule has 0 spiro atoms. The fraction of sp³-hybridized carbons (Fsp3) is 0.893. The Labute approximate surface area is 410 Å². The molecule has 0 aliphatic carbocycles. The van der Waals surface area contributed by atoms with E-state index in [-0.39, 0.29) is 0 Å². The first-order valence-electron chi connectivity index (χ1n) is 19.6. The molecule has 20 atom stereocenters. The van der Waals surface area contributed by atoms with E-state index < -0.39 is 206 Å². The summed E-state index contributed by atoms with van der Waals surface area (Å²) in [6.45, 7) is 0.413. The highest BCUT2D eigenvalue weighted by Gasteiger charge is 2.60. The molecule has 45 heteroatoms. The predicted octanol–water partition coefficient (Wildman–Crippen LogP) is -10.7. The summed E-state index contributed by atoms with van der Waals surface area (Å²) in [5.41, 5.74) is 4.85. The van der Waals surface area contributed by atoms with Gasteiger partial charge in [0.2, 0.25) is 5.91 Å². The predicted molar refractivity (Wildman–Crippen MR) is 215 cm³/mol. The summed E-state index contributed by atoms with van der Waals surface area (Å²) in [5, 5.41) is 86.0. The van der Waals surface area contributed by atoms with Gasteiger partial charge in [0.1, 0.15) is 73.1 Å². The van der Waals surface area contributed by atoms with Crippen molar-refractivity contribution in [3.8, 4) is 0 Å². The third-order valence-electron chi connectivity index (χ3n) is 9.68. The van der Waals surface area contributed by atoms with Crippen molar-refractivity contribution in [3.05, 3.63) is 0 Å². The van der Waals surface area contributed by atoms with Gasteiger partial charge < -0.3 is 85.1 Å². The smallest absolute Gasteiger partial charge is 0.397 e. The third kappa shape index (κ3) is 18.7. The van der Waals surface area contributed by atoms with Crippen LogP contribution in [-0.2, 0) is 116 Å². The van der Waals surface area contributed by atoms with Crippen LogP contribution in [0.15, 0.2) is 0 Å². The van der Waals surface area contributed by atoms with E-state index in [1.807, 2.05) is 12.2 Å². The van der Waals surface area contributed by atoms with Crippen LogP contribution in [0.4, 0.5) is 0 Å². The zero-order chi connectivity index (χ0) is 56.1. The number of carboxylic acids is 2. The van der Waals surface area contributed by atoms with E-state index in [0.29, 0.717) is 0 Å². The molecule has 4 aliphatic heterocycles. The molecule has 4 saturated heterocycles. The van der Waals surface area contributed by atoms with Gasteiger partial charge in [-0.05, 0) is 6.54 Å². The number of nitrogens with two attached hydrogens (primary N) is 1. The van der Waals surface area contributed by atoms with E-state index in [9.17, 15) is 116 Å². The molecule has 0 aromatic rings. The van der Waals surface area contributed by atoms with Gasteiger partial charge in [-0.15, -0.1) is 0 Å². The molecule has 0 aromatic heterocycles. The zero-order valence-corrected chi connectivity index (χ0v) is 40.5. The number of rotatable bonds is 21. The van der Waals surface area contributed by atoms with Gasteiger partial charge in [-0.1, -0.05) is 6.92 Å². The number of carbonyl (C=O) groups excluding carboxylic acids is 1. The number of aliphatic hydroxyl groups is 6. The van der Waals surface area contributed by atoms with Gasteiger partial charge in [0.05, 0.1) is 13.2 Å². The molecule has 0 unspecified atom stereocenters. The standard InChI is InChI=1S/C26H42N2O37S5.C2H7N/c1-4(30)27-7-9(31)13(6(56-23(7)39)3-55-67(43,44)45)58-26-19(65-70(52,53)54)12(34)16(20(62-26)22(37)38)60-24-8(28-66(40,41)42)15(63-68(46,47)48)14(5(2-29)57-24)59-25-18(64-69(49,50)51)11(33)10(32)17(61-25)21(35)36;1-2-3/h5-20,23-26,28-29,31-34,39H,2-3H2,1H3,(H,27,30)(H,35,36)(H,37,38)(H,40,41,42)(H,43,44,45)(H,46,47,48)(H,49,50,51)(H,52,53,54);2-3H2,1H3/t5-,6+,7-,8-,9-,10-,11-,12+,13-,14-,15-,16+,17-,18+,19-,20+,23-,24+,25+,26-;/m1./s1. The molecule has 4 aliphatic rings. The van der Waals surface area contributed by atoms with Crippen LogP contribution in [0.1, 0.15) is 13.8 Å². The Morgan fingerprint density at radius 1 is 0.548 bits per heavy atom. The molecular weight excluding hydrogens is 1130 g/mol. The number of nitrogens with one attached hydrogen (secondary N) is 2. The first-order chi connectivity index (χ1) is 33.2. The molecule has 73 heavy (non-hydrogen) atoms. The topological polar surface area (TPSA) is 637 Å². The third-order valence-corrected chi connectivity index (χ3v) is 12.1. The molecule has 17 N–H and O–H groups in total. The summed E-state index contributed by atoms with van der Waals surface area (Å²) >= 11 is 0. The number of amides is 1. The van der Waals surface area contributed by atoms with E-state index >= 15 is 0 Å². The Kier molecular flexibility index (Phi) is 22.6. The lowest BCUT2D eigenvalue weighted by Gasteiger charge is -2.50. The van der Waals surface area contributed by atoms with Gasteiger partial charge in [-0.2, -0.15) is 46.8 Å². The molecular formula is C28H49N3O37S5. The summed E-state index contributed by atoms with van der Waals surface area (Å²) in [5.74, 6) is -5.49. The highest BCUT2D eigenvalue weighted by molar-refractivity contribution is 7.83. The molecule has 0 aromatic carbocycles. The lowest BCUT2D eigenvalue weighted by atomic mass is 9.94. The normalized spacial score (nSPS) is 37.8. The highest BCUT2D eigenvalue weighted by atomic mass is 32.3. The molecule has 428 valence electrons. The van der Waals surface area contributed by atoms with E-state index in [1.165, 1.54) is 4.72 Å². The number of carboxylic acid groups (broad SMARTS) is 2. The Bertz CT molecular complexity index is 2470. The van der Waals surface area contributed by atoms with Crippen molar-refractivity contribution >= 4 is 69.7 Å². The second-order valence-corrected chi connectivity index (χ2v) is 20.4. The minimum atomic E-state index is -6.09. The van der Waals surface area contributed by atoms with Crippen molar-refractivity contribution < 1.29 is 170 Å². The second kappa shape index (κ2) is 25.6. The lowest BCUT2D eigenvalue weighted by molar-refractivity contribution is -0.366. The van der Waals surface area contributed by atoms with Crippen molar-refractivity contribution in [2.45, 2.75) is 137 Å². The fourth-order valence-electron chi connectivity index (χ4n) is 7.05. The molecule has 40 nitrogen and oxygen atoms in total. The molecule has 0 bridgehead atoms. The first kappa shape index (κ1) is 64.5. The minimum absolute atomic E-state index is 0.750. The Morgan fingerprint density at radius 2 is 1.00 bits per heavy atom. The summed E-state index contributed by atoms with van der Waals surface area (Å²) in [7, 11) is -29.1. The second-order valence-electron chi connectivity index (χ2n) is 15.0. The number of hydrogen-bond acceptors (Lipinski definition) is 31. The van der Waals surface area contributed by atoms with Crippen LogP contribution in [0.3, 0.4) is 0 Å². The molecule has 4 heterocycles. The average molecular weight is 1180 g/mol. The molecule has 4 rings (SSSR count). The molecule has 4 fully saturated rings. The number of aliphatic carboxylic acids is 2. The van der Waals surface area contributed by atoms with Crippen LogP contribution < -0.4 is 15.8 Å². The summed E-state index contributed by atoms with van der Waals surface area (Å²) in [6, 6.07) is -4.96. The number of hydrogen-bond donors (Lipinski definition) is 16. The van der Waals surface area contributed by atoms with E-state index in [4.69, 9.17) is 43.4 Å². The van der Waals surface area contributed by atoms with E-state index in [0.717, 1.165) is 13.5 Å². The van der Waals surface area contributed by atoms with Crippen LogP contribution in [0.2, 0.25) is 0 Å². The van der Waals surface area contributed by atoms with E-state index in [1.54, 1.807) is 0 Å². The van der Waals surface area contributed by atoms with Crippen LogP contribution in [0.25, 0.3) is 0 Å². The van der Waals surface area contributed by atoms with Crippen LogP contribution >= 0.6 is 0 Å². The van der Waals surface area contributed by atoms with Crippen LogP contribution in [-0.4, -0.2) is 266 Å². The molecule has 1 amide bonds. The first-order valence-corrected chi connectivity index (χ1v) is 26.5. The monoisotopic (exact) mass is 1180 g/mol. The number of ether oxygens (including phenoxy) is 7. The van der Waals surface area contributed by atoms with Crippen LogP contribution in [0, 0.1) is 0 Å². The minimum Gasteiger partial charge on any atom is -0.479 e.